The van der Waals surface area contributed by atoms with E-state index in [9.17, 15) is 0 Å². The Morgan fingerprint density at radius 3 is 2.67 bits per heavy atom. The van der Waals surface area contributed by atoms with Crippen LogP contribution in [0.25, 0.3) is 22.2 Å². The average Bonchev–Trinajstić information content (AvgIpc) is 3.47. The first-order valence-corrected chi connectivity index (χ1v) is 11.0. The molecule has 6 heteroatoms. The minimum atomic E-state index is 0.439. The number of likely N-dealkylation sites (tertiary alicyclic amines) is 1. The summed E-state index contributed by atoms with van der Waals surface area (Å²) >= 11 is 0. The summed E-state index contributed by atoms with van der Waals surface area (Å²) in [6, 6.07) is 7.03. The Balaban J connectivity index is 1.41. The molecule has 1 saturated heterocycles. The second kappa shape index (κ2) is 7.76. The van der Waals surface area contributed by atoms with Gasteiger partial charge in [0.05, 0.1) is 18.2 Å². The minimum absolute atomic E-state index is 0.439. The molecule has 1 fully saturated rings. The molecule has 30 heavy (non-hydrogen) atoms. The summed E-state index contributed by atoms with van der Waals surface area (Å²) in [5.74, 6) is 1.07. The first-order chi connectivity index (χ1) is 14.6. The molecule has 0 spiro atoms. The van der Waals surface area contributed by atoms with Crippen LogP contribution in [0.2, 0.25) is 0 Å². The maximum Gasteiger partial charge on any atom is 0.0922 e. The number of piperidine rings is 1. The Morgan fingerprint density at radius 1 is 1.17 bits per heavy atom. The van der Waals surface area contributed by atoms with E-state index in [4.69, 9.17) is 0 Å². The molecule has 0 unspecified atom stereocenters. The van der Waals surface area contributed by atoms with Gasteiger partial charge < -0.3 is 9.97 Å². The van der Waals surface area contributed by atoms with Gasteiger partial charge in [-0.3, -0.25) is 10.00 Å². The highest BCUT2D eigenvalue weighted by molar-refractivity contribution is 5.92. The number of nitrogens with one attached hydrogen (secondary N) is 3. The van der Waals surface area contributed by atoms with Gasteiger partial charge in [0, 0.05) is 40.6 Å². The van der Waals surface area contributed by atoms with E-state index >= 15 is 0 Å². The highest BCUT2D eigenvalue weighted by Gasteiger charge is 2.23. The Hall–Kier alpha value is -2.86. The molecule has 3 N–H and O–H groups in total. The second-order valence-electron chi connectivity index (χ2n) is 8.91. The van der Waals surface area contributed by atoms with Gasteiger partial charge in [-0.25, -0.2) is 4.98 Å². The molecule has 4 heterocycles. The molecular formula is C24H30N6. The van der Waals surface area contributed by atoms with Gasteiger partial charge in [0.25, 0.3) is 0 Å². The van der Waals surface area contributed by atoms with Crippen molar-refractivity contribution in [3.8, 4) is 11.3 Å². The molecule has 0 bridgehead atoms. The minimum Gasteiger partial charge on any atom is -0.354 e. The highest BCUT2D eigenvalue weighted by atomic mass is 15.1. The van der Waals surface area contributed by atoms with E-state index in [1.54, 1.807) is 6.33 Å². The van der Waals surface area contributed by atoms with Crippen LogP contribution in [0.5, 0.6) is 0 Å². The number of hydrogen-bond donors (Lipinski definition) is 3. The van der Waals surface area contributed by atoms with E-state index in [2.05, 4.69) is 69.0 Å². The predicted molar refractivity (Wildman–Crippen MR) is 121 cm³/mol. The standard InChI is InChI=1S/C24H30N6/c1-15(2)23-20-10-18(4-5-22(20)28-24(23)21-12-27-29-16(21)3)17-6-8-30(9-7-17)13-19-11-25-14-26-19/h4-5,10-12,14-15,17,28H,6-9,13H2,1-3H3,(H,25,26)(H,27,29). The number of aromatic nitrogens is 5. The Bertz CT molecular complexity index is 1130. The van der Waals surface area contributed by atoms with Gasteiger partial charge in [-0.05, 0) is 68.0 Å². The van der Waals surface area contributed by atoms with Crippen molar-refractivity contribution in [1.82, 2.24) is 30.0 Å². The molecule has 6 nitrogen and oxygen atoms in total. The van der Waals surface area contributed by atoms with Crippen LogP contribution in [0.3, 0.4) is 0 Å². The van der Waals surface area contributed by atoms with Gasteiger partial charge in [0.2, 0.25) is 0 Å². The summed E-state index contributed by atoms with van der Waals surface area (Å²) in [4.78, 5) is 13.6. The summed E-state index contributed by atoms with van der Waals surface area (Å²) in [7, 11) is 0. The summed E-state index contributed by atoms with van der Waals surface area (Å²) in [5.41, 5.74) is 8.77. The molecule has 4 aromatic rings. The molecule has 0 radical (unpaired) electrons. The number of nitrogens with zero attached hydrogens (tertiary/aromatic N) is 3. The van der Waals surface area contributed by atoms with Gasteiger partial charge in [-0.15, -0.1) is 0 Å². The number of H-pyrrole nitrogens is 3. The number of aryl methyl sites for hydroxylation is 1. The lowest BCUT2D eigenvalue weighted by molar-refractivity contribution is 0.203. The number of aromatic amines is 3. The fourth-order valence-electron chi connectivity index (χ4n) is 4.94. The fraction of sp³-hybridized carbons (Fsp3) is 0.417. The maximum absolute atomic E-state index is 4.24. The second-order valence-corrected chi connectivity index (χ2v) is 8.91. The third kappa shape index (κ3) is 3.45. The lowest BCUT2D eigenvalue weighted by Crippen LogP contribution is -2.32. The molecule has 1 aliphatic heterocycles. The van der Waals surface area contributed by atoms with Crippen molar-refractivity contribution in [1.29, 1.82) is 0 Å². The Labute approximate surface area is 177 Å². The monoisotopic (exact) mass is 402 g/mol. The van der Waals surface area contributed by atoms with Crippen molar-refractivity contribution in [3.63, 3.8) is 0 Å². The first kappa shape index (κ1) is 19.1. The zero-order chi connectivity index (χ0) is 20.7. The van der Waals surface area contributed by atoms with Crippen molar-refractivity contribution in [3.05, 3.63) is 59.4 Å². The average molecular weight is 403 g/mol. The van der Waals surface area contributed by atoms with Crippen molar-refractivity contribution in [2.75, 3.05) is 13.1 Å². The number of hydrogen-bond acceptors (Lipinski definition) is 3. The van der Waals surface area contributed by atoms with Crippen molar-refractivity contribution >= 4 is 10.9 Å². The molecule has 0 atom stereocenters. The third-order valence-electron chi connectivity index (χ3n) is 6.55. The third-order valence-corrected chi connectivity index (χ3v) is 6.55. The van der Waals surface area contributed by atoms with E-state index in [0.29, 0.717) is 11.8 Å². The summed E-state index contributed by atoms with van der Waals surface area (Å²) < 4.78 is 0. The molecule has 0 aliphatic carbocycles. The van der Waals surface area contributed by atoms with Crippen molar-refractivity contribution in [2.45, 2.75) is 52.0 Å². The zero-order valence-electron chi connectivity index (χ0n) is 18.0. The molecule has 1 aromatic carbocycles. The smallest absolute Gasteiger partial charge is 0.0922 e. The van der Waals surface area contributed by atoms with Crippen LogP contribution in [0.4, 0.5) is 0 Å². The van der Waals surface area contributed by atoms with E-state index < -0.39 is 0 Å². The van der Waals surface area contributed by atoms with E-state index in [-0.39, 0.29) is 0 Å². The van der Waals surface area contributed by atoms with Crippen LogP contribution in [0.15, 0.2) is 36.9 Å². The van der Waals surface area contributed by atoms with Gasteiger partial charge in [0.1, 0.15) is 0 Å². The number of imidazole rings is 1. The SMILES string of the molecule is Cc1[nH]ncc1-c1[nH]c2ccc(C3CCN(Cc4cnc[nH]4)CC3)cc2c1C(C)C. The number of fused-ring (bicyclic) bond motifs is 1. The van der Waals surface area contributed by atoms with Crippen LogP contribution in [0.1, 0.15) is 61.0 Å². The van der Waals surface area contributed by atoms with Crippen LogP contribution in [0, 0.1) is 6.92 Å². The highest BCUT2D eigenvalue weighted by Crippen LogP contribution is 2.38. The topological polar surface area (TPSA) is 76.4 Å². The van der Waals surface area contributed by atoms with Crippen LogP contribution < -0.4 is 0 Å². The maximum atomic E-state index is 4.24. The van der Waals surface area contributed by atoms with E-state index in [0.717, 1.165) is 25.3 Å². The largest absolute Gasteiger partial charge is 0.354 e. The van der Waals surface area contributed by atoms with Crippen molar-refractivity contribution in [2.24, 2.45) is 0 Å². The van der Waals surface area contributed by atoms with Crippen LogP contribution in [-0.2, 0) is 6.54 Å². The lowest BCUT2D eigenvalue weighted by Gasteiger charge is -2.31. The van der Waals surface area contributed by atoms with Crippen LogP contribution in [-0.4, -0.2) is 43.1 Å². The zero-order valence-corrected chi connectivity index (χ0v) is 18.0. The lowest BCUT2D eigenvalue weighted by atomic mass is 9.87. The molecule has 156 valence electrons. The molecule has 0 amide bonds. The normalized spacial score (nSPS) is 16.1. The molecule has 1 aliphatic rings. The molecule has 5 rings (SSSR count). The summed E-state index contributed by atoms with van der Waals surface area (Å²) in [6.45, 7) is 9.87. The van der Waals surface area contributed by atoms with E-state index in [1.807, 2.05) is 12.4 Å². The van der Waals surface area contributed by atoms with Crippen molar-refractivity contribution < 1.29 is 0 Å². The summed E-state index contributed by atoms with van der Waals surface area (Å²) in [6.07, 6.45) is 8.03. The molecule has 0 saturated carbocycles. The first-order valence-electron chi connectivity index (χ1n) is 11.0. The van der Waals surface area contributed by atoms with Gasteiger partial charge in [0.15, 0.2) is 0 Å². The van der Waals surface area contributed by atoms with Gasteiger partial charge in [-0.2, -0.15) is 5.10 Å². The Morgan fingerprint density at radius 2 is 2.00 bits per heavy atom. The number of benzene rings is 1. The number of rotatable bonds is 5. The predicted octanol–water partition coefficient (Wildman–Crippen LogP) is 5.09. The molecular weight excluding hydrogens is 372 g/mol. The fourth-order valence-corrected chi connectivity index (χ4v) is 4.94. The Kier molecular flexibility index (Phi) is 4.95. The van der Waals surface area contributed by atoms with E-state index in [1.165, 1.54) is 51.8 Å². The summed E-state index contributed by atoms with van der Waals surface area (Å²) in [5, 5.41) is 8.68. The van der Waals surface area contributed by atoms with Gasteiger partial charge in [-0.1, -0.05) is 19.9 Å². The van der Waals surface area contributed by atoms with Gasteiger partial charge >= 0.3 is 0 Å². The van der Waals surface area contributed by atoms with Crippen LogP contribution >= 0.6 is 0 Å². The molecule has 3 aromatic heterocycles. The quantitative estimate of drug-likeness (QED) is 0.435.